The number of aliphatic hydroxyl groups excluding tert-OH is 2. The topological polar surface area (TPSA) is 195 Å². The van der Waals surface area contributed by atoms with Crippen LogP contribution in [0, 0.1) is 11.3 Å². The van der Waals surface area contributed by atoms with Gasteiger partial charge in [-0.15, -0.1) is 0 Å². The molecule has 1 saturated heterocycles. The Morgan fingerprint density at radius 3 is 2.74 bits per heavy atom. The highest BCUT2D eigenvalue weighted by molar-refractivity contribution is 5.76. The fraction of sp³-hybridized carbons (Fsp3) is 0.550. The van der Waals surface area contributed by atoms with Crippen LogP contribution in [0.4, 0.5) is 10.6 Å². The van der Waals surface area contributed by atoms with Gasteiger partial charge in [-0.1, -0.05) is 0 Å². The molecule has 0 spiro atoms. The smallest absolute Gasteiger partial charge is 0.468 e. The minimum absolute atomic E-state index is 0.108. The van der Waals surface area contributed by atoms with Crippen LogP contribution in [0.25, 0.3) is 5.52 Å². The Kier molecular flexibility index (Phi) is 7.22. The van der Waals surface area contributed by atoms with Crippen LogP contribution in [0.3, 0.4) is 0 Å². The van der Waals surface area contributed by atoms with Crippen molar-refractivity contribution in [3.05, 3.63) is 24.2 Å². The van der Waals surface area contributed by atoms with Gasteiger partial charge in [-0.2, -0.15) is 10.4 Å². The number of aromatic nitrogens is 3. The van der Waals surface area contributed by atoms with Crippen LogP contribution < -0.4 is 5.73 Å². The number of carbonyl (C=O) groups is 2. The Morgan fingerprint density at radius 1 is 1.41 bits per heavy atom. The van der Waals surface area contributed by atoms with Crippen LogP contribution in [0.2, 0.25) is 0 Å². The normalized spacial score (nSPS) is 26.1. The zero-order valence-corrected chi connectivity index (χ0v) is 19.0. The standard InChI is InChI=1S/C20H26N6O8/c1-10(14(25(2)3)18(29)31-4)33-19(30)32-7-12-15(27)16(28)20(8-21,34-12)13-6-5-11-17(22)23-9-24-26(11)13/h5-6,9-10,12,14-16,27-28H,7H2,1-4H3,(H2,22,23,24)/t10-,12-,14+,15-,16-,20+/m1/s1. The predicted octanol–water partition coefficient (Wildman–Crippen LogP) is -1.20. The summed E-state index contributed by atoms with van der Waals surface area (Å²) in [5.74, 6) is -0.465. The molecule has 0 saturated carbocycles. The Balaban J connectivity index is 1.72. The van der Waals surface area contributed by atoms with E-state index in [-0.39, 0.29) is 11.5 Å². The number of nitrogens with zero attached hydrogens (tertiary/aromatic N) is 5. The number of rotatable bonds is 7. The van der Waals surface area contributed by atoms with Gasteiger partial charge in [-0.25, -0.2) is 14.3 Å². The molecule has 0 aliphatic carbocycles. The summed E-state index contributed by atoms with van der Waals surface area (Å²) in [6.07, 6.45) is -5.46. The van der Waals surface area contributed by atoms with Gasteiger partial charge in [0, 0.05) is 0 Å². The molecule has 6 atom stereocenters. The highest BCUT2D eigenvalue weighted by atomic mass is 16.7. The van der Waals surface area contributed by atoms with Gasteiger partial charge in [0.1, 0.15) is 55.0 Å². The number of hydrogen-bond donors (Lipinski definition) is 3. The molecule has 0 radical (unpaired) electrons. The number of carbonyl (C=O) groups excluding carboxylic acids is 2. The lowest BCUT2D eigenvalue weighted by Crippen LogP contribution is -2.46. The summed E-state index contributed by atoms with van der Waals surface area (Å²) in [5.41, 5.74) is 4.27. The number of hydrogen-bond acceptors (Lipinski definition) is 13. The SMILES string of the molecule is COC(=O)[C@H]([C@@H](C)OC(=O)OC[C@H]1O[C@@](C#N)(c2ccc3c(N)ncnn23)[C@H](O)[C@@H]1O)N(C)C. The Bertz CT molecular complexity index is 1100. The molecule has 1 aliphatic heterocycles. The molecule has 184 valence electrons. The molecule has 0 bridgehead atoms. The second-order valence-electron chi connectivity index (χ2n) is 7.92. The number of nitrogen functional groups attached to an aromatic ring is 1. The summed E-state index contributed by atoms with van der Waals surface area (Å²) in [6, 6.07) is 4.01. The second-order valence-corrected chi connectivity index (χ2v) is 7.92. The van der Waals surface area contributed by atoms with E-state index >= 15 is 0 Å². The third-order valence-electron chi connectivity index (χ3n) is 5.58. The quantitative estimate of drug-likeness (QED) is 0.402. The summed E-state index contributed by atoms with van der Waals surface area (Å²) in [5, 5.41) is 35.1. The van der Waals surface area contributed by atoms with Gasteiger partial charge in [0.15, 0.2) is 5.82 Å². The summed E-state index contributed by atoms with van der Waals surface area (Å²) >= 11 is 0. The summed E-state index contributed by atoms with van der Waals surface area (Å²) in [7, 11) is 4.44. The van der Waals surface area contributed by atoms with E-state index in [9.17, 15) is 25.1 Å². The lowest BCUT2D eigenvalue weighted by atomic mass is 9.92. The van der Waals surface area contributed by atoms with Gasteiger partial charge in [-0.3, -0.25) is 9.69 Å². The number of aliphatic hydroxyl groups is 2. The first-order chi connectivity index (χ1) is 16.1. The monoisotopic (exact) mass is 478 g/mol. The number of fused-ring (bicyclic) bond motifs is 1. The van der Waals surface area contributed by atoms with Crippen LogP contribution in [0.5, 0.6) is 0 Å². The summed E-state index contributed by atoms with van der Waals surface area (Å²) in [6.45, 7) is 0.942. The largest absolute Gasteiger partial charge is 0.508 e. The van der Waals surface area contributed by atoms with E-state index in [1.54, 1.807) is 14.1 Å². The molecule has 3 heterocycles. The van der Waals surface area contributed by atoms with E-state index in [4.69, 9.17) is 24.7 Å². The number of methoxy groups -OCH3 is 1. The van der Waals surface area contributed by atoms with Gasteiger partial charge in [0.05, 0.1) is 12.8 Å². The minimum atomic E-state index is -2.03. The Hall–Kier alpha value is -3.51. The summed E-state index contributed by atoms with van der Waals surface area (Å²) in [4.78, 5) is 29.5. The fourth-order valence-corrected chi connectivity index (χ4v) is 3.89. The molecular formula is C20H26N6O8. The van der Waals surface area contributed by atoms with E-state index in [2.05, 4.69) is 10.1 Å². The van der Waals surface area contributed by atoms with Crippen molar-refractivity contribution in [2.45, 2.75) is 43.0 Å². The van der Waals surface area contributed by atoms with E-state index < -0.39 is 54.8 Å². The predicted molar refractivity (Wildman–Crippen MR) is 113 cm³/mol. The molecule has 1 aliphatic rings. The first kappa shape index (κ1) is 25.1. The zero-order chi connectivity index (χ0) is 25.2. The van der Waals surface area contributed by atoms with Gasteiger partial charge < -0.3 is 34.9 Å². The second kappa shape index (κ2) is 9.77. The highest BCUT2D eigenvalue weighted by Crippen LogP contribution is 2.40. The number of anilines is 1. The molecule has 14 nitrogen and oxygen atoms in total. The average Bonchev–Trinajstić information content (AvgIpc) is 3.33. The van der Waals surface area contributed by atoms with Crippen molar-refractivity contribution in [3.8, 4) is 6.07 Å². The van der Waals surface area contributed by atoms with Crippen molar-refractivity contribution in [1.29, 1.82) is 5.26 Å². The molecule has 2 aromatic rings. The lowest BCUT2D eigenvalue weighted by Gasteiger charge is -2.27. The number of ether oxygens (including phenoxy) is 4. The third kappa shape index (κ3) is 4.33. The molecule has 0 aromatic carbocycles. The van der Waals surface area contributed by atoms with Gasteiger partial charge >= 0.3 is 12.1 Å². The number of esters is 1. The molecule has 0 amide bonds. The molecule has 1 fully saturated rings. The van der Waals surface area contributed by atoms with E-state index in [1.807, 2.05) is 6.07 Å². The lowest BCUT2D eigenvalue weighted by molar-refractivity contribution is -0.150. The van der Waals surface area contributed by atoms with Crippen molar-refractivity contribution in [1.82, 2.24) is 19.5 Å². The average molecular weight is 478 g/mol. The van der Waals surface area contributed by atoms with E-state index in [0.717, 1.165) is 0 Å². The van der Waals surface area contributed by atoms with Crippen molar-refractivity contribution < 1.29 is 38.7 Å². The molecule has 14 heteroatoms. The van der Waals surface area contributed by atoms with Crippen LogP contribution in [-0.4, -0.2) is 100 Å². The van der Waals surface area contributed by atoms with Crippen molar-refractivity contribution >= 4 is 23.5 Å². The van der Waals surface area contributed by atoms with Crippen molar-refractivity contribution in [2.75, 3.05) is 33.5 Å². The van der Waals surface area contributed by atoms with Crippen LogP contribution in [0.15, 0.2) is 18.5 Å². The first-order valence-corrected chi connectivity index (χ1v) is 10.2. The number of nitrogens with two attached hydrogens (primary N) is 1. The third-order valence-corrected chi connectivity index (χ3v) is 5.58. The van der Waals surface area contributed by atoms with Gasteiger partial charge in [-0.05, 0) is 33.2 Å². The van der Waals surface area contributed by atoms with Gasteiger partial charge in [0.25, 0.3) is 0 Å². The first-order valence-electron chi connectivity index (χ1n) is 10.2. The molecule has 3 rings (SSSR count). The molecule has 0 unspecified atom stereocenters. The summed E-state index contributed by atoms with van der Waals surface area (Å²) < 4.78 is 21.9. The zero-order valence-electron chi connectivity index (χ0n) is 19.0. The maximum Gasteiger partial charge on any atom is 0.508 e. The Labute approximate surface area is 194 Å². The fourth-order valence-electron chi connectivity index (χ4n) is 3.89. The highest BCUT2D eigenvalue weighted by Gasteiger charge is 2.58. The molecule has 2 aromatic heterocycles. The number of likely N-dealkylation sites (N-methyl/N-ethyl adjacent to an activating group) is 1. The van der Waals surface area contributed by atoms with E-state index in [1.165, 1.54) is 41.9 Å². The van der Waals surface area contributed by atoms with Crippen LogP contribution in [0.1, 0.15) is 12.6 Å². The van der Waals surface area contributed by atoms with Crippen molar-refractivity contribution in [3.63, 3.8) is 0 Å². The maximum absolute atomic E-state index is 12.2. The molecular weight excluding hydrogens is 452 g/mol. The minimum Gasteiger partial charge on any atom is -0.468 e. The van der Waals surface area contributed by atoms with Crippen LogP contribution in [-0.2, 0) is 29.3 Å². The molecule has 34 heavy (non-hydrogen) atoms. The van der Waals surface area contributed by atoms with E-state index in [0.29, 0.717) is 5.52 Å². The van der Waals surface area contributed by atoms with Crippen molar-refractivity contribution in [2.24, 2.45) is 0 Å². The Morgan fingerprint density at radius 2 is 2.12 bits per heavy atom. The van der Waals surface area contributed by atoms with Crippen LogP contribution >= 0.6 is 0 Å². The van der Waals surface area contributed by atoms with Gasteiger partial charge in [0.2, 0.25) is 5.60 Å². The number of nitriles is 1. The molecule has 4 N–H and O–H groups in total. The maximum atomic E-state index is 12.2.